The van der Waals surface area contributed by atoms with Gasteiger partial charge in [0.15, 0.2) is 0 Å². The van der Waals surface area contributed by atoms with Crippen molar-refractivity contribution < 1.29 is 26.7 Å². The normalized spacial score (nSPS) is 16.8. The Balaban J connectivity index is 1.89. The lowest BCUT2D eigenvalue weighted by Gasteiger charge is -2.28. The van der Waals surface area contributed by atoms with Crippen LogP contribution in [0.1, 0.15) is 58.4 Å². The van der Waals surface area contributed by atoms with Gasteiger partial charge in [-0.1, -0.05) is 26.8 Å². The molecule has 0 radical (unpaired) electrons. The molecule has 1 heterocycles. The van der Waals surface area contributed by atoms with Crippen molar-refractivity contribution in [2.75, 3.05) is 12.4 Å². The van der Waals surface area contributed by atoms with Crippen molar-refractivity contribution in [3.8, 4) is 5.88 Å². The number of pyridine rings is 1. The molecule has 1 fully saturated rings. The summed E-state index contributed by atoms with van der Waals surface area (Å²) in [6, 6.07) is 7.41. The third-order valence-corrected chi connectivity index (χ3v) is 7.95. The smallest absolute Gasteiger partial charge is 0.248 e. The molecule has 0 spiro atoms. The van der Waals surface area contributed by atoms with Gasteiger partial charge in [0.05, 0.1) is 16.9 Å². The number of anilines is 1. The van der Waals surface area contributed by atoms with Crippen molar-refractivity contribution in [1.82, 2.24) is 4.98 Å². The van der Waals surface area contributed by atoms with Crippen LogP contribution in [0.2, 0.25) is 0 Å². The highest BCUT2D eigenvalue weighted by Gasteiger charge is 2.34. The Morgan fingerprint density at radius 2 is 1.79 bits per heavy atom. The van der Waals surface area contributed by atoms with Gasteiger partial charge >= 0.3 is 0 Å². The van der Waals surface area contributed by atoms with Crippen LogP contribution < -0.4 is 10.1 Å². The van der Waals surface area contributed by atoms with E-state index in [2.05, 4.69) is 10.3 Å². The Hall–Kier alpha value is -2.55. The summed E-state index contributed by atoms with van der Waals surface area (Å²) >= 11 is 0. The fourth-order valence-electron chi connectivity index (χ4n) is 3.92. The van der Waals surface area contributed by atoms with Crippen LogP contribution in [0.3, 0.4) is 0 Å². The maximum Gasteiger partial charge on any atom is 0.248 e. The lowest BCUT2D eigenvalue weighted by Crippen LogP contribution is -2.28. The molecule has 1 N–H and O–H groups in total. The molecule has 0 aliphatic heterocycles. The largest absolute Gasteiger partial charge is 0.481 e. The number of carbonyl (C=O) groups excluding carboxylic acids is 1. The highest BCUT2D eigenvalue weighted by molar-refractivity contribution is 7.91. The number of hydrogen-bond donors (Lipinski definition) is 1. The van der Waals surface area contributed by atoms with Gasteiger partial charge in [0.1, 0.15) is 0 Å². The number of hydrogen-bond acceptors (Lipinski definition) is 5. The first-order valence-corrected chi connectivity index (χ1v) is 12.9. The Labute approximate surface area is 200 Å². The number of nitrogens with one attached hydrogen (secondary N) is 1. The predicted octanol–water partition coefficient (Wildman–Crippen LogP) is 5.67. The number of sulfone groups is 1. The molecule has 3 rings (SSSR count). The Kier molecular flexibility index (Phi) is 7.65. The second kappa shape index (κ2) is 9.98. The Morgan fingerprint density at radius 3 is 2.41 bits per heavy atom. The number of rotatable bonds is 7. The molecule has 186 valence electrons. The Bertz CT molecular complexity index is 1130. The van der Waals surface area contributed by atoms with E-state index in [1.165, 1.54) is 37.6 Å². The number of amides is 1. The summed E-state index contributed by atoms with van der Waals surface area (Å²) in [6.45, 7) is 5.32. The number of aryl methyl sites for hydroxylation is 1. The minimum absolute atomic E-state index is 0.0309. The van der Waals surface area contributed by atoms with Crippen molar-refractivity contribution in [2.24, 2.45) is 11.3 Å². The third kappa shape index (κ3) is 6.31. The number of nitrogens with zero attached hydrogens (tertiary/aromatic N) is 1. The summed E-state index contributed by atoms with van der Waals surface area (Å²) in [7, 11) is -2.48. The van der Waals surface area contributed by atoms with E-state index >= 15 is 0 Å². The summed E-state index contributed by atoms with van der Waals surface area (Å²) in [6.07, 6.45) is 3.34. The van der Waals surface area contributed by atoms with Gasteiger partial charge in [0, 0.05) is 36.2 Å². The summed E-state index contributed by atoms with van der Waals surface area (Å²) in [4.78, 5) is 16.7. The van der Waals surface area contributed by atoms with Gasteiger partial charge in [-0.3, -0.25) is 4.79 Å². The quantitative estimate of drug-likeness (QED) is 0.536. The molecule has 34 heavy (non-hydrogen) atoms. The highest BCUT2D eigenvalue weighted by Crippen LogP contribution is 2.38. The number of aromatic nitrogens is 1. The maximum absolute atomic E-state index is 13.5. The predicted molar refractivity (Wildman–Crippen MR) is 126 cm³/mol. The first-order valence-electron chi connectivity index (χ1n) is 11.4. The molecule has 1 aromatic heterocycles. The van der Waals surface area contributed by atoms with Crippen LogP contribution >= 0.6 is 0 Å². The zero-order valence-corrected chi connectivity index (χ0v) is 20.8. The molecule has 2 aromatic rings. The molecule has 6 nitrogen and oxygen atoms in total. The molecule has 9 heteroatoms. The number of halogens is 2. The van der Waals surface area contributed by atoms with E-state index in [1.807, 2.05) is 0 Å². The van der Waals surface area contributed by atoms with Crippen LogP contribution in [0.25, 0.3) is 0 Å². The van der Waals surface area contributed by atoms with Crippen LogP contribution in [0.4, 0.5) is 14.5 Å². The standard InChI is InChI=1S/C25H32F2N2O4S/c1-24(2,3)23(30)29-21-15-19(34(31,32)20-11-14-28-22(16-20)33-4)8-7-18(21)6-5-17-9-12-25(26,27)13-10-17/h7-8,11,14-17H,5-6,9-10,12-13H2,1-4H3,(H,29,30). The summed E-state index contributed by atoms with van der Waals surface area (Å²) in [5.41, 5.74) is 0.517. The van der Waals surface area contributed by atoms with E-state index in [1.54, 1.807) is 26.8 Å². The highest BCUT2D eigenvalue weighted by atomic mass is 32.2. The molecule has 1 saturated carbocycles. The second-order valence-electron chi connectivity index (χ2n) is 9.90. The summed E-state index contributed by atoms with van der Waals surface area (Å²) in [5.74, 6) is -2.46. The molecule has 1 aliphatic carbocycles. The number of ether oxygens (including phenoxy) is 1. The average Bonchev–Trinajstić information content (AvgIpc) is 2.78. The van der Waals surface area contributed by atoms with Crippen LogP contribution in [0.5, 0.6) is 5.88 Å². The lowest BCUT2D eigenvalue weighted by molar-refractivity contribution is -0.123. The summed E-state index contributed by atoms with van der Waals surface area (Å²) < 4.78 is 58.5. The molecule has 0 bridgehead atoms. The maximum atomic E-state index is 13.5. The number of methoxy groups -OCH3 is 1. The summed E-state index contributed by atoms with van der Waals surface area (Å²) in [5, 5.41) is 2.88. The van der Waals surface area contributed by atoms with E-state index in [-0.39, 0.29) is 40.3 Å². The van der Waals surface area contributed by atoms with E-state index in [0.717, 1.165) is 5.56 Å². The molecule has 0 saturated heterocycles. The second-order valence-corrected chi connectivity index (χ2v) is 11.8. The van der Waals surface area contributed by atoms with E-state index < -0.39 is 21.2 Å². The number of carbonyl (C=O) groups is 1. The monoisotopic (exact) mass is 494 g/mol. The molecule has 1 amide bonds. The lowest BCUT2D eigenvalue weighted by atomic mass is 9.83. The van der Waals surface area contributed by atoms with Gasteiger partial charge in [-0.2, -0.15) is 0 Å². The molecular formula is C25H32F2N2O4S. The van der Waals surface area contributed by atoms with Gasteiger partial charge in [-0.15, -0.1) is 0 Å². The molecule has 1 aliphatic rings. The van der Waals surface area contributed by atoms with Crippen LogP contribution in [0, 0.1) is 11.3 Å². The van der Waals surface area contributed by atoms with Crippen molar-refractivity contribution in [3.05, 3.63) is 42.1 Å². The topological polar surface area (TPSA) is 85.4 Å². The Morgan fingerprint density at radius 1 is 1.15 bits per heavy atom. The van der Waals surface area contributed by atoms with E-state index in [0.29, 0.717) is 31.4 Å². The fraction of sp³-hybridized carbons (Fsp3) is 0.520. The molecule has 1 aromatic carbocycles. The van der Waals surface area contributed by atoms with Crippen LogP contribution in [-0.2, 0) is 21.1 Å². The average molecular weight is 495 g/mol. The van der Waals surface area contributed by atoms with E-state index in [9.17, 15) is 22.0 Å². The molecule has 0 atom stereocenters. The fourth-order valence-corrected chi connectivity index (χ4v) is 5.21. The van der Waals surface area contributed by atoms with Crippen LogP contribution in [0.15, 0.2) is 46.3 Å². The minimum Gasteiger partial charge on any atom is -0.481 e. The third-order valence-electron chi connectivity index (χ3n) is 6.21. The first kappa shape index (κ1) is 26.1. The van der Waals surface area contributed by atoms with Gasteiger partial charge in [0.2, 0.25) is 27.5 Å². The minimum atomic E-state index is -3.89. The number of benzene rings is 1. The van der Waals surface area contributed by atoms with Crippen molar-refractivity contribution in [1.29, 1.82) is 0 Å². The van der Waals surface area contributed by atoms with Crippen LogP contribution in [-0.4, -0.2) is 32.3 Å². The molecule has 0 unspecified atom stereocenters. The SMILES string of the molecule is COc1cc(S(=O)(=O)c2ccc(CCC3CCC(F)(F)CC3)c(NC(=O)C(C)(C)C)c2)ccn1. The zero-order chi connectivity index (χ0) is 25.1. The van der Waals surface area contributed by atoms with Gasteiger partial charge < -0.3 is 10.1 Å². The number of alkyl halides is 2. The van der Waals surface area contributed by atoms with Crippen molar-refractivity contribution >= 4 is 21.4 Å². The van der Waals surface area contributed by atoms with Gasteiger partial charge in [0.25, 0.3) is 0 Å². The van der Waals surface area contributed by atoms with Crippen molar-refractivity contribution in [3.63, 3.8) is 0 Å². The van der Waals surface area contributed by atoms with Gasteiger partial charge in [-0.05, 0) is 55.4 Å². The zero-order valence-electron chi connectivity index (χ0n) is 20.0. The van der Waals surface area contributed by atoms with Crippen molar-refractivity contribution in [2.45, 2.75) is 75.0 Å². The van der Waals surface area contributed by atoms with Gasteiger partial charge in [-0.25, -0.2) is 22.2 Å². The van der Waals surface area contributed by atoms with E-state index in [4.69, 9.17) is 4.74 Å². The molecular weight excluding hydrogens is 462 g/mol. The first-order chi connectivity index (χ1) is 15.8.